The summed E-state index contributed by atoms with van der Waals surface area (Å²) in [6.07, 6.45) is 3.00. The SMILES string of the molecule is CCOC(=O)c1cnc(N(C)Cc2cc3nc(-c4ccc(N(CC)CC)cc4)nc(N4CCOCC4)c3s2)nc1. The van der Waals surface area contributed by atoms with Crippen molar-refractivity contribution in [3.8, 4) is 11.4 Å². The van der Waals surface area contributed by atoms with Gasteiger partial charge in [-0.2, -0.15) is 0 Å². The summed E-state index contributed by atoms with van der Waals surface area (Å²) in [6.45, 7) is 11.9. The third-order valence-electron chi connectivity index (χ3n) is 6.85. The number of aromatic nitrogens is 4. The average Bonchev–Trinajstić information content (AvgIpc) is 3.40. The van der Waals surface area contributed by atoms with E-state index in [-0.39, 0.29) is 0 Å². The van der Waals surface area contributed by atoms with E-state index >= 15 is 0 Å². The molecule has 10 nitrogen and oxygen atoms in total. The number of fused-ring (bicyclic) bond motifs is 1. The van der Waals surface area contributed by atoms with Crippen LogP contribution in [0.15, 0.2) is 42.7 Å². The molecular weight excluding hydrogens is 526 g/mol. The van der Waals surface area contributed by atoms with Gasteiger partial charge in [0.2, 0.25) is 5.95 Å². The molecule has 40 heavy (non-hydrogen) atoms. The minimum absolute atomic E-state index is 0.311. The zero-order chi connectivity index (χ0) is 28.1. The molecule has 0 saturated carbocycles. The van der Waals surface area contributed by atoms with Crippen LogP contribution in [0.25, 0.3) is 21.6 Å². The molecule has 11 heteroatoms. The number of anilines is 3. The van der Waals surface area contributed by atoms with Crippen LogP contribution in [0.2, 0.25) is 0 Å². The number of nitrogens with zero attached hydrogens (tertiary/aromatic N) is 7. The van der Waals surface area contributed by atoms with E-state index in [4.69, 9.17) is 19.4 Å². The van der Waals surface area contributed by atoms with Gasteiger partial charge >= 0.3 is 5.97 Å². The van der Waals surface area contributed by atoms with E-state index in [1.165, 1.54) is 18.1 Å². The molecule has 3 aromatic heterocycles. The second-order valence-corrected chi connectivity index (χ2v) is 10.6. The van der Waals surface area contributed by atoms with Crippen molar-refractivity contribution in [1.29, 1.82) is 0 Å². The maximum atomic E-state index is 11.9. The lowest BCUT2D eigenvalue weighted by molar-refractivity contribution is 0.0525. The summed E-state index contributed by atoms with van der Waals surface area (Å²) in [6, 6.07) is 10.6. The van der Waals surface area contributed by atoms with Crippen molar-refractivity contribution in [1.82, 2.24) is 19.9 Å². The lowest BCUT2D eigenvalue weighted by atomic mass is 10.1. The van der Waals surface area contributed by atoms with Crippen LogP contribution < -0.4 is 14.7 Å². The Balaban J connectivity index is 1.44. The molecule has 0 spiro atoms. The maximum absolute atomic E-state index is 11.9. The Labute approximate surface area is 238 Å². The van der Waals surface area contributed by atoms with Crippen LogP contribution >= 0.6 is 11.3 Å². The summed E-state index contributed by atoms with van der Waals surface area (Å²) < 4.78 is 11.7. The molecule has 0 N–H and O–H groups in total. The molecule has 0 aliphatic carbocycles. The average molecular weight is 562 g/mol. The first-order valence-electron chi connectivity index (χ1n) is 13.7. The fourth-order valence-corrected chi connectivity index (χ4v) is 5.88. The summed E-state index contributed by atoms with van der Waals surface area (Å²) >= 11 is 1.69. The zero-order valence-electron chi connectivity index (χ0n) is 23.5. The standard InChI is InChI=1S/C29H35N7O3S/c1-5-35(6-2)22-10-8-20(9-11-22)26-32-24-16-23(40-25(24)27(33-26)36-12-14-38-15-13-36)19-34(4)29-30-17-21(18-31-29)28(37)39-7-3/h8-11,16-18H,5-7,12-15,19H2,1-4H3. The van der Waals surface area contributed by atoms with Crippen LogP contribution in [-0.2, 0) is 16.0 Å². The number of thiophene rings is 1. The molecule has 1 fully saturated rings. The van der Waals surface area contributed by atoms with Crippen molar-refractivity contribution in [3.63, 3.8) is 0 Å². The van der Waals surface area contributed by atoms with Crippen molar-refractivity contribution in [2.75, 3.05) is 67.7 Å². The Bertz CT molecular complexity index is 1430. The molecule has 0 radical (unpaired) electrons. The highest BCUT2D eigenvalue weighted by molar-refractivity contribution is 7.19. The number of benzene rings is 1. The zero-order valence-corrected chi connectivity index (χ0v) is 24.3. The summed E-state index contributed by atoms with van der Waals surface area (Å²) in [7, 11) is 1.93. The Morgan fingerprint density at radius 1 is 1.05 bits per heavy atom. The van der Waals surface area contributed by atoms with E-state index in [9.17, 15) is 4.79 Å². The molecule has 0 amide bonds. The van der Waals surface area contributed by atoms with Gasteiger partial charge in [0.15, 0.2) is 11.6 Å². The summed E-state index contributed by atoms with van der Waals surface area (Å²) in [5.74, 6) is 1.77. The molecule has 5 rings (SSSR count). The molecule has 1 saturated heterocycles. The molecule has 4 heterocycles. The largest absolute Gasteiger partial charge is 0.462 e. The van der Waals surface area contributed by atoms with E-state index in [2.05, 4.69) is 63.9 Å². The molecule has 1 aliphatic rings. The van der Waals surface area contributed by atoms with E-state index in [0.29, 0.717) is 37.9 Å². The molecule has 210 valence electrons. The highest BCUT2D eigenvalue weighted by Crippen LogP contribution is 2.35. The van der Waals surface area contributed by atoms with Crippen molar-refractivity contribution < 1.29 is 14.3 Å². The number of esters is 1. The van der Waals surface area contributed by atoms with Gasteiger partial charge in [0.1, 0.15) is 0 Å². The van der Waals surface area contributed by atoms with E-state index in [1.54, 1.807) is 18.3 Å². The molecule has 0 bridgehead atoms. The van der Waals surface area contributed by atoms with Crippen molar-refractivity contribution >= 4 is 45.0 Å². The molecule has 0 atom stereocenters. The second-order valence-electron chi connectivity index (χ2n) is 9.46. The van der Waals surface area contributed by atoms with Crippen LogP contribution in [0.4, 0.5) is 17.5 Å². The van der Waals surface area contributed by atoms with Crippen molar-refractivity contribution in [2.45, 2.75) is 27.3 Å². The van der Waals surface area contributed by atoms with Crippen molar-refractivity contribution in [3.05, 3.63) is 53.2 Å². The highest BCUT2D eigenvalue weighted by atomic mass is 32.1. The molecule has 0 unspecified atom stereocenters. The van der Waals surface area contributed by atoms with Gasteiger partial charge in [0, 0.05) is 61.7 Å². The highest BCUT2D eigenvalue weighted by Gasteiger charge is 2.21. The van der Waals surface area contributed by atoms with Gasteiger partial charge in [-0.3, -0.25) is 0 Å². The van der Waals surface area contributed by atoms with Gasteiger partial charge in [-0.15, -0.1) is 11.3 Å². The number of rotatable bonds is 10. The predicted octanol–water partition coefficient (Wildman–Crippen LogP) is 4.64. The Morgan fingerprint density at radius 3 is 2.40 bits per heavy atom. The van der Waals surface area contributed by atoms with Gasteiger partial charge < -0.3 is 24.2 Å². The third kappa shape index (κ3) is 6.00. The van der Waals surface area contributed by atoms with E-state index < -0.39 is 5.97 Å². The monoisotopic (exact) mass is 561 g/mol. The normalized spacial score (nSPS) is 13.4. The number of hydrogen-bond donors (Lipinski definition) is 0. The lowest BCUT2D eigenvalue weighted by Gasteiger charge is -2.28. The van der Waals surface area contributed by atoms with Gasteiger partial charge in [0.05, 0.1) is 42.1 Å². The topological polar surface area (TPSA) is 96.8 Å². The van der Waals surface area contributed by atoms with Crippen LogP contribution in [0.3, 0.4) is 0 Å². The number of carbonyl (C=O) groups excluding carboxylic acids is 1. The first-order valence-corrected chi connectivity index (χ1v) is 14.5. The predicted molar refractivity (Wildman–Crippen MR) is 160 cm³/mol. The molecule has 1 aromatic carbocycles. The van der Waals surface area contributed by atoms with Gasteiger partial charge in [0.25, 0.3) is 0 Å². The minimum Gasteiger partial charge on any atom is -0.462 e. The third-order valence-corrected chi connectivity index (χ3v) is 7.96. The van der Waals surface area contributed by atoms with Gasteiger partial charge in [-0.05, 0) is 51.1 Å². The second kappa shape index (κ2) is 12.6. The number of ether oxygens (including phenoxy) is 2. The van der Waals surface area contributed by atoms with Crippen LogP contribution in [0.1, 0.15) is 36.0 Å². The minimum atomic E-state index is -0.422. The Hall–Kier alpha value is -3.83. The first-order chi connectivity index (χ1) is 19.5. The summed E-state index contributed by atoms with van der Waals surface area (Å²) in [5.41, 5.74) is 3.45. The van der Waals surface area contributed by atoms with Gasteiger partial charge in [-0.25, -0.2) is 24.7 Å². The Morgan fingerprint density at radius 2 is 1.75 bits per heavy atom. The van der Waals surface area contributed by atoms with Crippen LogP contribution in [0.5, 0.6) is 0 Å². The van der Waals surface area contributed by atoms with Crippen LogP contribution in [0, 0.1) is 0 Å². The number of morpholine rings is 1. The fourth-order valence-electron chi connectivity index (χ4n) is 4.71. The van der Waals surface area contributed by atoms with E-state index in [0.717, 1.165) is 58.5 Å². The number of carbonyl (C=O) groups is 1. The smallest absolute Gasteiger partial charge is 0.341 e. The van der Waals surface area contributed by atoms with Crippen LogP contribution in [-0.4, -0.2) is 79.0 Å². The molecule has 4 aromatic rings. The summed E-state index contributed by atoms with van der Waals surface area (Å²) in [4.78, 5) is 38.4. The first kappa shape index (κ1) is 27.7. The molecule has 1 aliphatic heterocycles. The van der Waals surface area contributed by atoms with Crippen molar-refractivity contribution in [2.24, 2.45) is 0 Å². The summed E-state index contributed by atoms with van der Waals surface area (Å²) in [5, 5.41) is 0. The van der Waals surface area contributed by atoms with E-state index in [1.807, 2.05) is 11.9 Å². The Kier molecular flexibility index (Phi) is 8.71. The maximum Gasteiger partial charge on any atom is 0.341 e. The van der Waals surface area contributed by atoms with Gasteiger partial charge in [-0.1, -0.05) is 0 Å². The lowest BCUT2D eigenvalue weighted by Crippen LogP contribution is -2.36. The number of hydrogen-bond acceptors (Lipinski definition) is 11. The fraction of sp³-hybridized carbons (Fsp3) is 0.414. The molecular formula is C29H35N7O3S. The quantitative estimate of drug-likeness (QED) is 0.255.